The van der Waals surface area contributed by atoms with Crippen molar-refractivity contribution >= 4 is 108 Å². The Morgan fingerprint density at radius 2 is 1.29 bits per heavy atom. The van der Waals surface area contributed by atoms with Crippen molar-refractivity contribution in [2.75, 3.05) is 77.5 Å². The van der Waals surface area contributed by atoms with Gasteiger partial charge in [-0.3, -0.25) is 9.59 Å². The maximum absolute atomic E-state index is 15.7. The number of sulfonamides is 1. The molecule has 0 unspecified atom stereocenters. The molecule has 6 aliphatic rings. The van der Waals surface area contributed by atoms with Crippen LogP contribution in [0, 0.1) is 52.4 Å². The Balaban J connectivity index is 0.000000190. The van der Waals surface area contributed by atoms with Crippen molar-refractivity contribution in [1.29, 1.82) is 0 Å². The van der Waals surface area contributed by atoms with E-state index in [1.54, 1.807) is 114 Å². The number of halogens is 6. The number of esters is 2. The first-order valence-electron chi connectivity index (χ1n) is 43.4. The topological polar surface area (TPSA) is 311 Å². The van der Waals surface area contributed by atoms with Gasteiger partial charge in [-0.15, -0.1) is 6.58 Å². The summed E-state index contributed by atoms with van der Waals surface area (Å²) in [7, 11) is 17.0. The molecule has 4 aliphatic heterocycles. The summed E-state index contributed by atoms with van der Waals surface area (Å²) in [6.45, 7) is 35.3. The second-order valence-electron chi connectivity index (χ2n) is 36.0. The molecule has 7 aromatic rings. The SMILES string of the molecule is C=CCO[C@@H]1CCC[C@H]1OC(=O)N[C@H](C(=O)N1C[C@H](Oc2nc3ccccc3nc2C(F)(F)C=C)C[C@H]1C(=O)OC)C(C)(C)C.COC(=O)[C@@H]1C[C@@H]2CN1C(=O)[C@H](C(C)(C)C)NC(=O)O[C@@H]1CCC[C@H]1OC/C=C/C(F)(F)c1nc3ccccc3nc1O2.Cc1cc(C)c(N2CCN(c3c(C)cc(C)cc3C)[C]2=[Ru]([Cl])([Cl])=[CH]c2cc(S(=O)(=O)N(C)C)ccc2OC(C)C)c(C)c1. The summed E-state index contributed by atoms with van der Waals surface area (Å²) >= 11 is -3.95. The van der Waals surface area contributed by atoms with E-state index in [4.69, 9.17) is 62.0 Å². The van der Waals surface area contributed by atoms with Crippen molar-refractivity contribution in [3.8, 4) is 17.5 Å². The van der Waals surface area contributed by atoms with Crippen molar-refractivity contribution in [2.24, 2.45) is 10.8 Å². The number of nitrogens with zero attached hydrogens (tertiary/aromatic N) is 9. The molecule has 0 spiro atoms. The van der Waals surface area contributed by atoms with Crippen LogP contribution in [0.3, 0.4) is 0 Å². The molecule has 2 N–H and O–H groups in total. The molecule has 2 aromatic heterocycles. The van der Waals surface area contributed by atoms with Crippen LogP contribution >= 0.6 is 19.4 Å². The molecule has 712 valence electrons. The summed E-state index contributed by atoms with van der Waals surface area (Å²) in [5.74, 6) is -10.1. The number of fused-ring (bicyclic) bond motifs is 6. The fraction of sp³-hybridized carbons (Fsp3) is 0.495. The minimum absolute atomic E-state index is 0.0489. The molecule has 13 rings (SSSR count). The number of aromatic nitrogens is 4. The van der Waals surface area contributed by atoms with E-state index in [1.165, 1.54) is 59.6 Å². The summed E-state index contributed by atoms with van der Waals surface area (Å²) in [5.41, 5.74) is 7.90. The van der Waals surface area contributed by atoms with Gasteiger partial charge < -0.3 is 58.3 Å². The number of likely N-dealkylation sites (tertiary alicyclic amines) is 1. The Hall–Kier alpha value is -10.1. The fourth-order valence-electron chi connectivity index (χ4n) is 17.1. The van der Waals surface area contributed by atoms with Gasteiger partial charge in [0.25, 0.3) is 0 Å². The Labute approximate surface area is 773 Å². The van der Waals surface area contributed by atoms with Crippen molar-refractivity contribution < 1.29 is 109 Å². The third kappa shape index (κ3) is 23.9. The van der Waals surface area contributed by atoms with Crippen LogP contribution < -0.4 is 34.6 Å². The Kier molecular flexibility index (Phi) is 32.5. The molecule has 4 amide bonds. The van der Waals surface area contributed by atoms with Gasteiger partial charge in [0.1, 0.15) is 48.6 Å². The Morgan fingerprint density at radius 3 is 1.85 bits per heavy atom. The summed E-state index contributed by atoms with van der Waals surface area (Å²) in [6.07, 6.45) is 2.32. The van der Waals surface area contributed by atoms with Crippen LogP contribution in [0.1, 0.15) is 157 Å². The van der Waals surface area contributed by atoms with E-state index in [-0.39, 0.29) is 60.7 Å². The van der Waals surface area contributed by atoms with E-state index in [2.05, 4.69) is 119 Å². The standard InChI is InChI=1S/C32H40F2N4O7.C30H36F2N4O7.C21H26N2.C12H17NO3S.2ClH.Ru/c1-7-16-43-23-14-11-15-24(23)45-30(41)37-26(31(3,4)5)28(39)38-18-19(17-22(38)29(40)42-6)44-27-25(32(33,34)8-2)35-20-12-9-10-13-21(20)36-27;1-29(2,3)24-26(37)36-16-17(15-20(36)27(38)40-4)42-25-23(33-18-9-5-6-10-19(18)34-25)30(31,32)13-8-14-41-21-11-7-12-22(21)43-28(39)35-24;1-14-9-16(3)20(17(4)10-14)22-7-8-23(13-22)21-18(5)11-15(2)12-19(21)6;1-9(2)16-12-7-6-11(8-10(12)3)17(14,15)13(4)5;;;/h7-10,12-13,19,22-24,26H,1-2,11,14-18H2,3-6H3,(H,37,41);5-6,8-10,13,17,20-22,24H,7,11-12,14-16H2,1-4H3,(H,35,39);9-12H,7-8H2,1-6H3;3,6-9H,1-2,4-5H3;2*1H;/q;;;;;;+2/p-2/b;13-8+;;;;;/t19-,22+,23-,24-,26-;17-,20+,21-,22-,24-;;;;;/m11...../s1. The first-order valence-corrected chi connectivity index (χ1v) is 51.2. The number of para-hydroxylation sites is 4. The van der Waals surface area contributed by atoms with E-state index in [1.807, 2.05) is 18.5 Å². The number of nitrogens with one attached hydrogen (secondary N) is 2. The van der Waals surface area contributed by atoms with Crippen LogP contribution in [0.25, 0.3) is 22.1 Å². The number of hydrogen-bond donors (Lipinski definition) is 2. The summed E-state index contributed by atoms with van der Waals surface area (Å²) in [4.78, 5) is 104. The predicted molar refractivity (Wildman–Crippen MR) is 491 cm³/mol. The third-order valence-corrected chi connectivity index (χ3v) is 30.4. The van der Waals surface area contributed by atoms with Crippen molar-refractivity contribution in [2.45, 2.75) is 232 Å². The van der Waals surface area contributed by atoms with Crippen LogP contribution in [0.5, 0.6) is 17.5 Å². The van der Waals surface area contributed by atoms with Gasteiger partial charge in [0.15, 0.2) is 11.4 Å². The number of alkyl carbamates (subject to hydrolysis) is 2. The number of carbonyl (C=O) groups excluding carboxylic acids is 6. The summed E-state index contributed by atoms with van der Waals surface area (Å²) < 4.78 is 142. The van der Waals surface area contributed by atoms with Gasteiger partial charge in [0.05, 0.1) is 74.8 Å². The first-order chi connectivity index (χ1) is 61.6. The quantitative estimate of drug-likeness (QED) is 0.0250. The van der Waals surface area contributed by atoms with Crippen molar-refractivity contribution in [3.05, 3.63) is 179 Å². The minimum atomic E-state index is -3.95. The molecule has 6 heterocycles. The zero-order valence-electron chi connectivity index (χ0n) is 77.2. The number of anilines is 2. The van der Waals surface area contributed by atoms with Gasteiger partial charge >= 0.3 is 306 Å². The van der Waals surface area contributed by atoms with Gasteiger partial charge in [-0.25, -0.2) is 39.1 Å². The molecule has 2 saturated carbocycles. The predicted octanol–water partition coefficient (Wildman–Crippen LogP) is 15.9. The number of methoxy groups -OCH3 is 2. The third-order valence-electron chi connectivity index (χ3n) is 23.1. The molecule has 10 atom stereocenters. The van der Waals surface area contributed by atoms with Gasteiger partial charge in [0.2, 0.25) is 23.6 Å². The van der Waals surface area contributed by atoms with E-state index in [0.29, 0.717) is 79.9 Å². The monoisotopic (exact) mass is 1970 g/mol. The molecule has 2 bridgehead atoms. The van der Waals surface area contributed by atoms with E-state index in [9.17, 15) is 46.0 Å². The first kappa shape index (κ1) is 101. The number of ether oxygens (including phenoxy) is 9. The second-order valence-corrected chi connectivity index (χ2v) is 47.4. The zero-order valence-corrected chi connectivity index (χ0v) is 81.3. The average Bonchev–Trinajstić information content (AvgIpc) is 1.61. The fourth-order valence-corrected chi connectivity index (χ4v) is 24.1. The number of allylic oxidation sites excluding steroid dienone is 2. The van der Waals surface area contributed by atoms with Gasteiger partial charge in [-0.1, -0.05) is 84.5 Å². The van der Waals surface area contributed by atoms with Gasteiger partial charge in [-0.05, 0) is 85.8 Å². The number of amides is 4. The van der Waals surface area contributed by atoms with Crippen LogP contribution in [0.4, 0.5) is 38.5 Å². The van der Waals surface area contributed by atoms with Crippen LogP contribution in [-0.2, 0) is 81.4 Å². The molecule has 28 nitrogen and oxygen atoms in total. The van der Waals surface area contributed by atoms with E-state index in [0.717, 1.165) is 50.8 Å². The van der Waals surface area contributed by atoms with Gasteiger partial charge in [-0.2, -0.15) is 17.6 Å². The molecule has 3 saturated heterocycles. The number of carbonyl (C=O) groups is 6. The van der Waals surface area contributed by atoms with E-state index >= 15 is 8.78 Å². The number of benzene rings is 5. The number of alkyl halides is 4. The zero-order chi connectivity index (χ0) is 95.9. The normalized spacial score (nSPS) is 22.0. The van der Waals surface area contributed by atoms with Crippen LogP contribution in [-0.4, -0.2) is 222 Å². The summed E-state index contributed by atoms with van der Waals surface area (Å²) in [5, 5.41) is 5.38. The molecule has 36 heteroatoms. The van der Waals surface area contributed by atoms with E-state index < -0.39 is 158 Å². The van der Waals surface area contributed by atoms with Crippen molar-refractivity contribution in [3.63, 3.8) is 0 Å². The summed E-state index contributed by atoms with van der Waals surface area (Å²) in [6, 6.07) is 22.3. The van der Waals surface area contributed by atoms with Crippen LogP contribution in [0.15, 0.2) is 133 Å². The van der Waals surface area contributed by atoms with Gasteiger partial charge in [0, 0.05) is 12.8 Å². The molecule has 131 heavy (non-hydrogen) atoms. The average molecular weight is 1970 g/mol. The molecular weight excluding hydrogens is 1850 g/mol. The molecule has 2 aliphatic carbocycles. The molecule has 5 aromatic carbocycles. The van der Waals surface area contributed by atoms with Crippen LogP contribution in [0.2, 0.25) is 0 Å². The molecule has 0 radical (unpaired) electrons. The number of hydrogen-bond acceptors (Lipinski definition) is 23. The Bertz CT molecular complexity index is 5630. The van der Waals surface area contributed by atoms with Crippen molar-refractivity contribution in [1.82, 2.24) is 44.7 Å². The maximum atomic E-state index is 15.7. The number of rotatable bonds is 19. The number of aryl methyl sites for hydroxylation is 6. The Morgan fingerprint density at radius 1 is 0.733 bits per heavy atom. The second kappa shape index (κ2) is 42.0. The molecule has 5 fully saturated rings. The molecular formula is C95H119Cl2F4N11O17RuS.